The maximum atomic E-state index is 12.1. The summed E-state index contributed by atoms with van der Waals surface area (Å²) in [6, 6.07) is 1.92. The van der Waals surface area contributed by atoms with Crippen LogP contribution in [0.2, 0.25) is 0 Å². The summed E-state index contributed by atoms with van der Waals surface area (Å²) in [5.41, 5.74) is 0.907. The Morgan fingerprint density at radius 3 is 2.71 bits per heavy atom. The molecule has 0 saturated carbocycles. The Hall–Kier alpha value is -2.20. The number of likely N-dealkylation sites (N-methyl/N-ethyl adjacent to an activating group) is 1. The molecule has 0 atom stereocenters. The van der Waals surface area contributed by atoms with Crippen molar-refractivity contribution in [3.05, 3.63) is 27.2 Å². The first-order valence-corrected chi connectivity index (χ1v) is 6.84. The average molecular weight is 291 g/mol. The van der Waals surface area contributed by atoms with Crippen LogP contribution in [0.5, 0.6) is 0 Å². The van der Waals surface area contributed by atoms with E-state index < -0.39 is 5.56 Å². The molecule has 0 unspecified atom stereocenters. The molecule has 0 fully saturated rings. The van der Waals surface area contributed by atoms with Crippen molar-refractivity contribution >= 4 is 5.91 Å². The van der Waals surface area contributed by atoms with Gasteiger partial charge in [0.05, 0.1) is 18.9 Å². The molecule has 1 aromatic rings. The lowest BCUT2D eigenvalue weighted by Crippen LogP contribution is -2.39. The number of rotatable bonds is 6. The fourth-order valence-corrected chi connectivity index (χ4v) is 1.84. The summed E-state index contributed by atoms with van der Waals surface area (Å²) >= 11 is 0. The molecule has 1 heterocycles. The lowest BCUT2D eigenvalue weighted by atomic mass is 10.1. The quantitative estimate of drug-likeness (QED) is 0.805. The maximum absolute atomic E-state index is 12.1. The Bertz CT molecular complexity index is 615. The second-order valence-corrected chi connectivity index (χ2v) is 5.01. The van der Waals surface area contributed by atoms with E-state index in [9.17, 15) is 9.59 Å². The molecule has 7 nitrogen and oxygen atoms in total. The second-order valence-electron chi connectivity index (χ2n) is 5.01. The van der Waals surface area contributed by atoms with Gasteiger partial charge in [0.15, 0.2) is 0 Å². The first-order valence-electron chi connectivity index (χ1n) is 6.84. The van der Waals surface area contributed by atoms with Crippen molar-refractivity contribution < 1.29 is 4.79 Å². The molecule has 0 saturated heterocycles. The highest BCUT2D eigenvalue weighted by Crippen LogP contribution is 2.04. The molecule has 0 bridgehead atoms. The van der Waals surface area contributed by atoms with Crippen molar-refractivity contribution in [1.82, 2.24) is 20.0 Å². The molecule has 0 aromatic carbocycles. The largest absolute Gasteiger partial charge is 0.355 e. The van der Waals surface area contributed by atoms with Gasteiger partial charge in [0, 0.05) is 6.54 Å². The first-order chi connectivity index (χ1) is 9.90. The highest BCUT2D eigenvalue weighted by Gasteiger charge is 2.13. The van der Waals surface area contributed by atoms with Gasteiger partial charge in [0.2, 0.25) is 5.91 Å². The van der Waals surface area contributed by atoms with Gasteiger partial charge in [-0.15, -0.1) is 0 Å². The maximum Gasteiger partial charge on any atom is 0.286 e. The Morgan fingerprint density at radius 2 is 2.14 bits per heavy atom. The summed E-state index contributed by atoms with van der Waals surface area (Å²) in [5, 5.41) is 16.0. The number of amides is 1. The number of carbonyl (C=O) groups excluding carboxylic acids is 1. The lowest BCUT2D eigenvalue weighted by Gasteiger charge is -2.17. The molecule has 0 aliphatic carbocycles. The Labute approximate surface area is 124 Å². The molecule has 1 N–H and O–H groups in total. The van der Waals surface area contributed by atoms with E-state index in [1.807, 2.05) is 13.0 Å². The Kier molecular flexibility index (Phi) is 6.06. The van der Waals surface area contributed by atoms with Gasteiger partial charge in [-0.3, -0.25) is 14.5 Å². The summed E-state index contributed by atoms with van der Waals surface area (Å²) in [5.74, 6) is -0.100. The van der Waals surface area contributed by atoms with Crippen LogP contribution in [0.4, 0.5) is 0 Å². The third-order valence-electron chi connectivity index (χ3n) is 3.11. The SMILES string of the molecule is CCCNC(=O)CN(C)Cn1nc(C)c(C)c(C#N)c1=O. The van der Waals surface area contributed by atoms with Crippen molar-refractivity contribution in [2.75, 3.05) is 20.1 Å². The molecule has 0 aliphatic rings. The van der Waals surface area contributed by atoms with Gasteiger partial charge in [-0.2, -0.15) is 10.4 Å². The minimum atomic E-state index is -0.429. The fraction of sp³-hybridized carbons (Fsp3) is 0.571. The summed E-state index contributed by atoms with van der Waals surface area (Å²) in [7, 11) is 1.72. The van der Waals surface area contributed by atoms with Crippen molar-refractivity contribution in [3.63, 3.8) is 0 Å². The predicted octanol–water partition coefficient (Wildman–Crippen LogP) is 0.147. The van der Waals surface area contributed by atoms with Gasteiger partial charge in [0.25, 0.3) is 5.56 Å². The second kappa shape index (κ2) is 7.55. The number of nitriles is 1. The zero-order chi connectivity index (χ0) is 16.0. The van der Waals surface area contributed by atoms with E-state index in [0.717, 1.165) is 6.42 Å². The van der Waals surface area contributed by atoms with Gasteiger partial charge in [-0.05, 0) is 32.9 Å². The predicted molar refractivity (Wildman–Crippen MR) is 78.6 cm³/mol. The number of aryl methyl sites for hydroxylation is 1. The van der Waals surface area contributed by atoms with Crippen molar-refractivity contribution in [3.8, 4) is 6.07 Å². The minimum absolute atomic E-state index is 0.100. The van der Waals surface area contributed by atoms with Crippen LogP contribution in [-0.4, -0.2) is 40.7 Å². The van der Waals surface area contributed by atoms with Gasteiger partial charge in [-0.25, -0.2) is 4.68 Å². The van der Waals surface area contributed by atoms with Gasteiger partial charge >= 0.3 is 0 Å². The molecule has 1 amide bonds. The van der Waals surface area contributed by atoms with E-state index in [4.69, 9.17) is 5.26 Å². The van der Waals surface area contributed by atoms with Crippen LogP contribution in [-0.2, 0) is 11.5 Å². The van der Waals surface area contributed by atoms with Crippen molar-refractivity contribution in [2.24, 2.45) is 0 Å². The van der Waals surface area contributed by atoms with E-state index in [1.165, 1.54) is 4.68 Å². The summed E-state index contributed by atoms with van der Waals surface area (Å²) in [4.78, 5) is 25.4. The lowest BCUT2D eigenvalue weighted by molar-refractivity contribution is -0.122. The number of aromatic nitrogens is 2. The molecule has 1 aromatic heterocycles. The fourth-order valence-electron chi connectivity index (χ4n) is 1.84. The number of nitrogens with one attached hydrogen (secondary N) is 1. The van der Waals surface area contributed by atoms with E-state index in [2.05, 4.69) is 10.4 Å². The van der Waals surface area contributed by atoms with Gasteiger partial charge in [-0.1, -0.05) is 6.92 Å². The third kappa shape index (κ3) is 4.39. The normalized spacial score (nSPS) is 10.5. The zero-order valence-electron chi connectivity index (χ0n) is 12.9. The standard InChI is InChI=1S/C14H21N5O2/c1-5-6-16-13(20)8-18(4)9-19-14(21)12(7-15)10(2)11(3)17-19/h5-6,8-9H2,1-4H3,(H,16,20). The summed E-state index contributed by atoms with van der Waals surface area (Å²) in [6.45, 7) is 6.39. The number of hydrogen-bond acceptors (Lipinski definition) is 5. The van der Waals surface area contributed by atoms with E-state index >= 15 is 0 Å². The average Bonchev–Trinajstić information content (AvgIpc) is 2.43. The van der Waals surface area contributed by atoms with Crippen LogP contribution < -0.4 is 10.9 Å². The van der Waals surface area contributed by atoms with Gasteiger partial charge < -0.3 is 5.32 Å². The minimum Gasteiger partial charge on any atom is -0.355 e. The molecule has 21 heavy (non-hydrogen) atoms. The highest BCUT2D eigenvalue weighted by atomic mass is 16.2. The summed E-state index contributed by atoms with van der Waals surface area (Å²) < 4.78 is 1.22. The molecule has 114 valence electrons. The summed E-state index contributed by atoms with van der Waals surface area (Å²) in [6.07, 6.45) is 0.874. The van der Waals surface area contributed by atoms with Crippen LogP contribution in [0.3, 0.4) is 0 Å². The molecular formula is C14H21N5O2. The number of carbonyl (C=O) groups is 1. The zero-order valence-corrected chi connectivity index (χ0v) is 12.9. The molecule has 0 radical (unpaired) electrons. The van der Waals surface area contributed by atoms with Crippen LogP contribution in [0.1, 0.15) is 30.2 Å². The van der Waals surface area contributed by atoms with Crippen LogP contribution in [0.15, 0.2) is 4.79 Å². The number of nitrogens with zero attached hydrogens (tertiary/aromatic N) is 4. The molecule has 0 spiro atoms. The number of hydrogen-bond donors (Lipinski definition) is 1. The molecular weight excluding hydrogens is 270 g/mol. The van der Waals surface area contributed by atoms with Crippen LogP contribution in [0, 0.1) is 25.2 Å². The molecule has 1 rings (SSSR count). The topological polar surface area (TPSA) is 91.0 Å². The van der Waals surface area contributed by atoms with E-state index in [0.29, 0.717) is 17.8 Å². The Balaban J connectivity index is 2.85. The van der Waals surface area contributed by atoms with Crippen LogP contribution >= 0.6 is 0 Å². The smallest absolute Gasteiger partial charge is 0.286 e. The van der Waals surface area contributed by atoms with Crippen molar-refractivity contribution in [1.29, 1.82) is 5.26 Å². The monoisotopic (exact) mass is 291 g/mol. The molecule has 0 aliphatic heterocycles. The van der Waals surface area contributed by atoms with E-state index in [-0.39, 0.29) is 24.7 Å². The highest BCUT2D eigenvalue weighted by molar-refractivity contribution is 5.77. The van der Waals surface area contributed by atoms with Crippen molar-refractivity contribution in [2.45, 2.75) is 33.9 Å². The van der Waals surface area contributed by atoms with E-state index in [1.54, 1.807) is 25.8 Å². The van der Waals surface area contributed by atoms with Crippen LogP contribution in [0.25, 0.3) is 0 Å². The molecule has 7 heteroatoms. The van der Waals surface area contributed by atoms with Gasteiger partial charge in [0.1, 0.15) is 11.6 Å². The third-order valence-corrected chi connectivity index (χ3v) is 3.11. The first kappa shape index (κ1) is 16.9. The Morgan fingerprint density at radius 1 is 1.48 bits per heavy atom.